The van der Waals surface area contributed by atoms with Crippen molar-refractivity contribution in [3.63, 3.8) is 0 Å². The van der Waals surface area contributed by atoms with Crippen LogP contribution in [-0.4, -0.2) is 40.1 Å². The zero-order chi connectivity index (χ0) is 15.2. The fraction of sp³-hybridized carbons (Fsp3) is 0.533. The molecule has 1 unspecified atom stereocenters. The number of carboxylic acid groups (broad SMARTS) is 1. The number of anilines is 1. The van der Waals surface area contributed by atoms with Gasteiger partial charge in [0.2, 0.25) is 0 Å². The van der Waals surface area contributed by atoms with E-state index in [0.717, 1.165) is 32.4 Å². The molecule has 6 heteroatoms. The molecule has 1 aliphatic heterocycles. The van der Waals surface area contributed by atoms with Crippen molar-refractivity contribution in [2.24, 2.45) is 5.92 Å². The van der Waals surface area contributed by atoms with Gasteiger partial charge in [0.15, 0.2) is 0 Å². The molecular weight excluding hydrogens is 270 g/mol. The van der Waals surface area contributed by atoms with Gasteiger partial charge in [-0.25, -0.2) is 14.6 Å². The average molecular weight is 291 g/mol. The van der Waals surface area contributed by atoms with Crippen LogP contribution in [0.2, 0.25) is 0 Å². The van der Waals surface area contributed by atoms with E-state index in [1.807, 2.05) is 4.90 Å². The number of carbonyl (C=O) groups is 2. The second-order valence-electron chi connectivity index (χ2n) is 5.36. The highest BCUT2D eigenvalue weighted by atomic mass is 16.4. The molecule has 114 valence electrons. The first-order valence-corrected chi connectivity index (χ1v) is 7.35. The predicted molar refractivity (Wildman–Crippen MR) is 79.4 cm³/mol. The van der Waals surface area contributed by atoms with Crippen LogP contribution < -0.4 is 5.32 Å². The number of rotatable bonds is 3. The van der Waals surface area contributed by atoms with E-state index in [-0.39, 0.29) is 11.7 Å². The summed E-state index contributed by atoms with van der Waals surface area (Å²) in [4.78, 5) is 28.5. The number of hydrogen-bond donors (Lipinski definition) is 2. The molecule has 0 saturated carbocycles. The lowest BCUT2D eigenvalue weighted by Crippen LogP contribution is -2.35. The second kappa shape index (κ2) is 7.06. The number of amides is 2. The lowest BCUT2D eigenvalue weighted by Gasteiger charge is -2.21. The van der Waals surface area contributed by atoms with Crippen molar-refractivity contribution in [2.45, 2.75) is 32.6 Å². The van der Waals surface area contributed by atoms with E-state index in [2.05, 4.69) is 17.2 Å². The zero-order valence-electron chi connectivity index (χ0n) is 12.2. The fourth-order valence-electron chi connectivity index (χ4n) is 2.57. The molecule has 0 aromatic carbocycles. The molecule has 1 saturated heterocycles. The molecule has 0 aliphatic carbocycles. The van der Waals surface area contributed by atoms with Crippen LogP contribution in [0.15, 0.2) is 18.3 Å². The molecule has 2 N–H and O–H groups in total. The molecule has 0 spiro atoms. The molecule has 1 aromatic heterocycles. The van der Waals surface area contributed by atoms with Crippen molar-refractivity contribution in [2.75, 3.05) is 18.4 Å². The van der Waals surface area contributed by atoms with Crippen LogP contribution in [0, 0.1) is 5.92 Å². The number of nitrogens with one attached hydrogen (secondary N) is 1. The fourth-order valence-corrected chi connectivity index (χ4v) is 2.57. The van der Waals surface area contributed by atoms with Gasteiger partial charge < -0.3 is 15.3 Å². The number of carboxylic acids is 1. The largest absolute Gasteiger partial charge is 0.477 e. The van der Waals surface area contributed by atoms with Crippen molar-refractivity contribution in [1.29, 1.82) is 0 Å². The number of aromatic nitrogens is 1. The number of likely N-dealkylation sites (tertiary alicyclic amines) is 1. The Morgan fingerprint density at radius 1 is 1.38 bits per heavy atom. The third-order valence-electron chi connectivity index (χ3n) is 3.95. The Morgan fingerprint density at radius 3 is 2.81 bits per heavy atom. The first-order chi connectivity index (χ1) is 10.1. The van der Waals surface area contributed by atoms with Crippen LogP contribution in [0.1, 0.15) is 43.1 Å². The smallest absolute Gasteiger partial charge is 0.354 e. The molecule has 6 nitrogen and oxygen atoms in total. The van der Waals surface area contributed by atoms with E-state index >= 15 is 0 Å². The number of carbonyl (C=O) groups excluding carboxylic acids is 1. The number of nitrogens with zero attached hydrogens (tertiary/aromatic N) is 2. The maximum atomic E-state index is 12.2. The highest BCUT2D eigenvalue weighted by Crippen LogP contribution is 2.20. The lowest BCUT2D eigenvalue weighted by atomic mass is 9.98. The van der Waals surface area contributed by atoms with Crippen LogP contribution in [0.3, 0.4) is 0 Å². The minimum absolute atomic E-state index is 0.0337. The first kappa shape index (κ1) is 15.3. The van der Waals surface area contributed by atoms with Gasteiger partial charge in [-0.1, -0.05) is 13.3 Å². The van der Waals surface area contributed by atoms with Crippen LogP contribution >= 0.6 is 0 Å². The van der Waals surface area contributed by atoms with Gasteiger partial charge >= 0.3 is 12.0 Å². The van der Waals surface area contributed by atoms with Gasteiger partial charge in [-0.05, 0) is 37.3 Å². The molecule has 0 bridgehead atoms. The van der Waals surface area contributed by atoms with E-state index in [1.54, 1.807) is 6.07 Å². The summed E-state index contributed by atoms with van der Waals surface area (Å²) in [7, 11) is 0. The van der Waals surface area contributed by atoms with Gasteiger partial charge in [0, 0.05) is 13.1 Å². The van der Waals surface area contributed by atoms with Crippen LogP contribution in [-0.2, 0) is 0 Å². The molecule has 2 heterocycles. The molecule has 2 amide bonds. The van der Waals surface area contributed by atoms with E-state index in [4.69, 9.17) is 5.11 Å². The SMILES string of the molecule is CCC1CCCN(C(=O)Nc2ccc(C(=O)O)nc2)CC1. The lowest BCUT2D eigenvalue weighted by molar-refractivity contribution is 0.0690. The Labute approximate surface area is 124 Å². The van der Waals surface area contributed by atoms with E-state index in [9.17, 15) is 9.59 Å². The molecule has 2 rings (SSSR count). The standard InChI is InChI=1S/C15H21N3O3/c1-2-11-4-3-8-18(9-7-11)15(21)17-12-5-6-13(14(19)20)16-10-12/h5-6,10-11H,2-4,7-9H2,1H3,(H,17,21)(H,19,20). The van der Waals surface area contributed by atoms with Crippen LogP contribution in [0.25, 0.3) is 0 Å². The highest BCUT2D eigenvalue weighted by Gasteiger charge is 2.19. The predicted octanol–water partition coefficient (Wildman–Crippen LogP) is 2.82. The van der Waals surface area contributed by atoms with Crippen molar-refractivity contribution in [3.05, 3.63) is 24.0 Å². The molecule has 21 heavy (non-hydrogen) atoms. The summed E-state index contributed by atoms with van der Waals surface area (Å²) in [5.74, 6) is -0.370. The summed E-state index contributed by atoms with van der Waals surface area (Å²) >= 11 is 0. The monoisotopic (exact) mass is 291 g/mol. The van der Waals surface area contributed by atoms with Gasteiger partial charge in [-0.15, -0.1) is 0 Å². The summed E-state index contributed by atoms with van der Waals surface area (Å²) in [5.41, 5.74) is 0.481. The third-order valence-corrected chi connectivity index (χ3v) is 3.95. The summed E-state index contributed by atoms with van der Waals surface area (Å²) in [6.45, 7) is 3.73. The summed E-state index contributed by atoms with van der Waals surface area (Å²) in [5, 5.41) is 11.6. The van der Waals surface area contributed by atoms with Gasteiger partial charge in [0.25, 0.3) is 0 Å². The Kier molecular flexibility index (Phi) is 5.14. The normalized spacial score (nSPS) is 18.9. The van der Waals surface area contributed by atoms with Gasteiger partial charge in [0.05, 0.1) is 11.9 Å². The molecule has 1 aliphatic rings. The Hall–Kier alpha value is -2.11. The number of urea groups is 1. The average Bonchev–Trinajstić information content (AvgIpc) is 2.73. The summed E-state index contributed by atoms with van der Waals surface area (Å²) < 4.78 is 0. The van der Waals surface area contributed by atoms with E-state index in [1.165, 1.54) is 18.7 Å². The number of aromatic carboxylic acids is 1. The van der Waals surface area contributed by atoms with Crippen molar-refractivity contribution in [3.8, 4) is 0 Å². The minimum Gasteiger partial charge on any atom is -0.477 e. The molecule has 1 aromatic rings. The molecule has 1 atom stereocenters. The van der Waals surface area contributed by atoms with Crippen molar-refractivity contribution >= 4 is 17.7 Å². The molecule has 1 fully saturated rings. The number of hydrogen-bond acceptors (Lipinski definition) is 3. The van der Waals surface area contributed by atoms with Gasteiger partial charge in [-0.2, -0.15) is 0 Å². The maximum absolute atomic E-state index is 12.2. The van der Waals surface area contributed by atoms with E-state index < -0.39 is 5.97 Å². The first-order valence-electron chi connectivity index (χ1n) is 7.35. The van der Waals surface area contributed by atoms with Crippen LogP contribution in [0.5, 0.6) is 0 Å². The Bertz CT molecular complexity index is 501. The highest BCUT2D eigenvalue weighted by molar-refractivity contribution is 5.90. The van der Waals surface area contributed by atoms with Gasteiger partial charge in [0.1, 0.15) is 5.69 Å². The quantitative estimate of drug-likeness (QED) is 0.897. The molecular formula is C15H21N3O3. The second-order valence-corrected chi connectivity index (χ2v) is 5.36. The summed E-state index contributed by atoms with van der Waals surface area (Å²) in [6, 6.07) is 2.80. The maximum Gasteiger partial charge on any atom is 0.354 e. The van der Waals surface area contributed by atoms with Gasteiger partial charge in [-0.3, -0.25) is 0 Å². The van der Waals surface area contributed by atoms with Crippen molar-refractivity contribution < 1.29 is 14.7 Å². The molecule has 0 radical (unpaired) electrons. The minimum atomic E-state index is -1.08. The van der Waals surface area contributed by atoms with Crippen LogP contribution in [0.4, 0.5) is 10.5 Å². The third kappa shape index (κ3) is 4.18. The Balaban J connectivity index is 1.93. The van der Waals surface area contributed by atoms with Crippen molar-refractivity contribution in [1.82, 2.24) is 9.88 Å². The zero-order valence-corrected chi connectivity index (χ0v) is 12.2. The van der Waals surface area contributed by atoms with E-state index in [0.29, 0.717) is 11.6 Å². The summed E-state index contributed by atoms with van der Waals surface area (Å²) in [6.07, 6.45) is 5.78. The number of pyridine rings is 1. The topological polar surface area (TPSA) is 82.5 Å². The Morgan fingerprint density at radius 2 is 2.19 bits per heavy atom.